The van der Waals surface area contributed by atoms with Crippen molar-refractivity contribution in [2.75, 3.05) is 26.3 Å². The Hall–Kier alpha value is -1.92. The number of aliphatic hydroxyl groups excluding tert-OH is 1. The summed E-state index contributed by atoms with van der Waals surface area (Å²) >= 11 is 0. The molecule has 1 aromatic rings. The summed E-state index contributed by atoms with van der Waals surface area (Å²) in [5.41, 5.74) is 1.03. The van der Waals surface area contributed by atoms with Crippen molar-refractivity contribution in [1.29, 1.82) is 0 Å². The highest BCUT2D eigenvalue weighted by Crippen LogP contribution is 2.03. The molecule has 6 heteroatoms. The number of aliphatic hydroxyl groups is 1. The van der Waals surface area contributed by atoms with Crippen LogP contribution in [0.15, 0.2) is 30.3 Å². The van der Waals surface area contributed by atoms with Gasteiger partial charge in [0.2, 0.25) is 5.91 Å². The van der Waals surface area contributed by atoms with E-state index in [-0.39, 0.29) is 19.8 Å². The lowest BCUT2D eigenvalue weighted by Gasteiger charge is -2.20. The average molecular weight is 280 g/mol. The van der Waals surface area contributed by atoms with Crippen molar-refractivity contribution in [2.24, 2.45) is 0 Å². The molecule has 0 aliphatic rings. The first-order chi connectivity index (χ1) is 9.65. The first-order valence-corrected chi connectivity index (χ1v) is 6.49. The van der Waals surface area contributed by atoms with Crippen LogP contribution in [0.5, 0.6) is 0 Å². The van der Waals surface area contributed by atoms with Gasteiger partial charge in [-0.15, -0.1) is 0 Å². The van der Waals surface area contributed by atoms with E-state index in [1.807, 2.05) is 30.3 Å². The number of alkyl carbamates (subject to hydrolysis) is 1. The summed E-state index contributed by atoms with van der Waals surface area (Å²) in [6.45, 7) is 2.72. The van der Waals surface area contributed by atoms with Crippen LogP contribution in [0.1, 0.15) is 12.5 Å². The van der Waals surface area contributed by atoms with E-state index >= 15 is 0 Å². The van der Waals surface area contributed by atoms with E-state index in [1.165, 1.54) is 0 Å². The van der Waals surface area contributed by atoms with Crippen molar-refractivity contribution >= 4 is 12.0 Å². The molecule has 1 aromatic carbocycles. The molecule has 110 valence electrons. The lowest BCUT2D eigenvalue weighted by molar-refractivity contribution is -0.121. The largest absolute Gasteiger partial charge is 0.450 e. The van der Waals surface area contributed by atoms with Gasteiger partial charge >= 0.3 is 6.09 Å². The number of hydrogen-bond acceptors (Lipinski definition) is 5. The normalized spacial score (nSPS) is 10.3. The maximum absolute atomic E-state index is 11.7. The SMILES string of the molecule is CCOC(=O)NC(=O)CN(CCO)Cc1ccccc1. The van der Waals surface area contributed by atoms with E-state index < -0.39 is 12.0 Å². The Morgan fingerprint density at radius 3 is 2.60 bits per heavy atom. The van der Waals surface area contributed by atoms with Crippen LogP contribution in [0.3, 0.4) is 0 Å². The number of benzene rings is 1. The molecule has 0 spiro atoms. The van der Waals surface area contributed by atoms with Crippen LogP contribution in [0.2, 0.25) is 0 Å². The smallest absolute Gasteiger partial charge is 0.413 e. The van der Waals surface area contributed by atoms with Crippen LogP contribution in [-0.2, 0) is 16.1 Å². The molecule has 0 aliphatic carbocycles. The highest BCUT2D eigenvalue weighted by atomic mass is 16.5. The molecule has 0 saturated heterocycles. The number of carbonyl (C=O) groups excluding carboxylic acids is 2. The number of nitrogens with one attached hydrogen (secondary N) is 1. The standard InChI is InChI=1S/C14H20N2O4/c1-2-20-14(19)15-13(18)11-16(8-9-17)10-12-6-4-3-5-7-12/h3-7,17H,2,8-11H2,1H3,(H,15,18,19). The minimum atomic E-state index is -0.749. The summed E-state index contributed by atoms with van der Waals surface area (Å²) in [6, 6.07) is 9.60. The van der Waals surface area contributed by atoms with Gasteiger partial charge in [-0.1, -0.05) is 30.3 Å². The van der Waals surface area contributed by atoms with E-state index in [0.29, 0.717) is 13.1 Å². The fourth-order valence-corrected chi connectivity index (χ4v) is 1.72. The van der Waals surface area contributed by atoms with Crippen LogP contribution in [0.25, 0.3) is 0 Å². The summed E-state index contributed by atoms with van der Waals surface area (Å²) in [5, 5.41) is 11.2. The number of imide groups is 1. The van der Waals surface area contributed by atoms with Crippen molar-refractivity contribution in [2.45, 2.75) is 13.5 Å². The minimum Gasteiger partial charge on any atom is -0.450 e. The van der Waals surface area contributed by atoms with Gasteiger partial charge in [0.05, 0.1) is 19.8 Å². The predicted octanol–water partition coefficient (Wildman–Crippen LogP) is 0.754. The number of rotatable bonds is 7. The summed E-state index contributed by atoms with van der Waals surface area (Å²) in [4.78, 5) is 24.6. The molecular weight excluding hydrogens is 260 g/mol. The number of ether oxygens (including phenoxy) is 1. The van der Waals surface area contributed by atoms with E-state index in [9.17, 15) is 9.59 Å². The van der Waals surface area contributed by atoms with Gasteiger partial charge in [-0.3, -0.25) is 15.0 Å². The molecule has 6 nitrogen and oxygen atoms in total. The molecule has 0 aromatic heterocycles. The monoisotopic (exact) mass is 280 g/mol. The Balaban J connectivity index is 2.50. The Morgan fingerprint density at radius 1 is 1.30 bits per heavy atom. The zero-order valence-electron chi connectivity index (χ0n) is 11.5. The zero-order valence-corrected chi connectivity index (χ0v) is 11.5. The zero-order chi connectivity index (χ0) is 14.8. The second-order valence-electron chi connectivity index (χ2n) is 4.19. The summed E-state index contributed by atoms with van der Waals surface area (Å²) in [7, 11) is 0. The van der Waals surface area contributed by atoms with Gasteiger partial charge in [-0.05, 0) is 12.5 Å². The Kier molecular flexibility index (Phi) is 7.31. The van der Waals surface area contributed by atoms with E-state index in [0.717, 1.165) is 5.56 Å². The highest BCUT2D eigenvalue weighted by Gasteiger charge is 2.13. The summed E-state index contributed by atoms with van der Waals surface area (Å²) in [6.07, 6.45) is -0.749. The molecule has 0 atom stereocenters. The third-order valence-electron chi connectivity index (χ3n) is 2.55. The van der Waals surface area contributed by atoms with E-state index in [4.69, 9.17) is 5.11 Å². The molecule has 0 unspecified atom stereocenters. The molecule has 0 aliphatic heterocycles. The second-order valence-corrected chi connectivity index (χ2v) is 4.19. The van der Waals surface area contributed by atoms with E-state index in [1.54, 1.807) is 11.8 Å². The van der Waals surface area contributed by atoms with E-state index in [2.05, 4.69) is 10.1 Å². The van der Waals surface area contributed by atoms with Gasteiger partial charge in [0.25, 0.3) is 0 Å². The first kappa shape index (κ1) is 16.1. The Labute approximate surface area is 118 Å². The van der Waals surface area contributed by atoms with Crippen molar-refractivity contribution < 1.29 is 19.4 Å². The third-order valence-corrected chi connectivity index (χ3v) is 2.55. The number of carbonyl (C=O) groups is 2. The van der Waals surface area contributed by atoms with Gasteiger partial charge in [0.15, 0.2) is 0 Å². The summed E-state index contributed by atoms with van der Waals surface area (Å²) in [5.74, 6) is -0.451. The maximum atomic E-state index is 11.7. The number of nitrogens with zero attached hydrogens (tertiary/aromatic N) is 1. The molecule has 2 N–H and O–H groups in total. The van der Waals surface area contributed by atoms with Crippen LogP contribution in [0.4, 0.5) is 4.79 Å². The molecule has 0 heterocycles. The summed E-state index contributed by atoms with van der Waals surface area (Å²) < 4.78 is 4.63. The van der Waals surface area contributed by atoms with Gasteiger partial charge in [0.1, 0.15) is 0 Å². The number of amides is 2. The average Bonchev–Trinajstić information content (AvgIpc) is 2.40. The van der Waals surface area contributed by atoms with Crippen LogP contribution in [0, 0.1) is 0 Å². The lowest BCUT2D eigenvalue weighted by Crippen LogP contribution is -2.41. The van der Waals surface area contributed by atoms with Crippen molar-refractivity contribution in [3.8, 4) is 0 Å². The molecule has 0 saturated carbocycles. The van der Waals surface area contributed by atoms with Gasteiger partial charge in [-0.2, -0.15) is 0 Å². The first-order valence-electron chi connectivity index (χ1n) is 6.49. The molecule has 1 rings (SSSR count). The van der Waals surface area contributed by atoms with Crippen LogP contribution >= 0.6 is 0 Å². The fraction of sp³-hybridized carbons (Fsp3) is 0.429. The van der Waals surface area contributed by atoms with Gasteiger partial charge in [0, 0.05) is 13.1 Å². The fourth-order valence-electron chi connectivity index (χ4n) is 1.72. The topological polar surface area (TPSA) is 78.9 Å². The Bertz CT molecular complexity index is 422. The predicted molar refractivity (Wildman–Crippen MR) is 74.0 cm³/mol. The van der Waals surface area contributed by atoms with Crippen LogP contribution < -0.4 is 5.32 Å². The molecule has 0 radical (unpaired) electrons. The van der Waals surface area contributed by atoms with Crippen molar-refractivity contribution in [3.05, 3.63) is 35.9 Å². The Morgan fingerprint density at radius 2 is 2.00 bits per heavy atom. The lowest BCUT2D eigenvalue weighted by atomic mass is 10.2. The van der Waals surface area contributed by atoms with Crippen molar-refractivity contribution in [1.82, 2.24) is 10.2 Å². The van der Waals surface area contributed by atoms with Crippen LogP contribution in [-0.4, -0.2) is 48.3 Å². The molecular formula is C14H20N2O4. The quantitative estimate of drug-likeness (QED) is 0.770. The van der Waals surface area contributed by atoms with Gasteiger partial charge in [-0.25, -0.2) is 4.79 Å². The molecule has 0 bridgehead atoms. The van der Waals surface area contributed by atoms with Gasteiger partial charge < -0.3 is 9.84 Å². The molecule has 2 amide bonds. The number of hydrogen-bond donors (Lipinski definition) is 2. The highest BCUT2D eigenvalue weighted by molar-refractivity contribution is 5.92. The molecule has 20 heavy (non-hydrogen) atoms. The second kappa shape index (κ2) is 9.06. The molecule has 0 fully saturated rings. The maximum Gasteiger partial charge on any atom is 0.413 e. The third kappa shape index (κ3) is 6.31. The van der Waals surface area contributed by atoms with Crippen molar-refractivity contribution in [3.63, 3.8) is 0 Å². The minimum absolute atomic E-state index is 0.0221.